The summed E-state index contributed by atoms with van der Waals surface area (Å²) in [5.41, 5.74) is 2.39. The highest BCUT2D eigenvalue weighted by Gasteiger charge is 2.14. The van der Waals surface area contributed by atoms with Crippen LogP contribution in [0.4, 0.5) is 5.69 Å². The lowest BCUT2D eigenvalue weighted by Crippen LogP contribution is -2.05. The maximum atomic E-state index is 10.9. The average Bonchev–Trinajstić information content (AvgIpc) is 2.76. The summed E-state index contributed by atoms with van der Waals surface area (Å²) >= 11 is 6.07. The number of rotatable bonds is 4. The fraction of sp³-hybridized carbons (Fsp3) is 0.154. The molecule has 18 heavy (non-hydrogen) atoms. The van der Waals surface area contributed by atoms with Gasteiger partial charge in [-0.1, -0.05) is 23.7 Å². The van der Waals surface area contributed by atoms with Crippen molar-refractivity contribution in [3.63, 3.8) is 0 Å². The molecule has 0 saturated heterocycles. The zero-order valence-corrected chi connectivity index (χ0v) is 10.5. The van der Waals surface area contributed by atoms with Crippen molar-refractivity contribution in [1.29, 1.82) is 0 Å². The highest BCUT2D eigenvalue weighted by atomic mass is 35.5. The molecular weight excluding hydrogens is 254 g/mol. The highest BCUT2D eigenvalue weighted by Crippen LogP contribution is 2.26. The molecule has 0 amide bonds. The number of benzene rings is 1. The smallest absolute Gasteiger partial charge is 0.372 e. The van der Waals surface area contributed by atoms with Crippen LogP contribution in [0.25, 0.3) is 0 Å². The van der Waals surface area contributed by atoms with E-state index in [9.17, 15) is 4.79 Å². The van der Waals surface area contributed by atoms with Gasteiger partial charge in [-0.15, -0.1) is 0 Å². The molecule has 1 heterocycles. The van der Waals surface area contributed by atoms with Gasteiger partial charge in [-0.2, -0.15) is 0 Å². The Labute approximate surface area is 109 Å². The fourth-order valence-corrected chi connectivity index (χ4v) is 1.99. The highest BCUT2D eigenvalue weighted by molar-refractivity contribution is 6.33. The topological polar surface area (TPSA) is 62.5 Å². The van der Waals surface area contributed by atoms with Crippen LogP contribution in [-0.4, -0.2) is 11.1 Å². The summed E-state index contributed by atoms with van der Waals surface area (Å²) in [5.74, 6) is -1.13. The molecule has 0 aliphatic heterocycles. The van der Waals surface area contributed by atoms with Crippen LogP contribution >= 0.6 is 11.6 Å². The molecule has 0 bridgehead atoms. The number of para-hydroxylation sites is 1. The normalized spacial score (nSPS) is 10.3. The van der Waals surface area contributed by atoms with E-state index in [2.05, 4.69) is 5.32 Å². The number of nitrogens with one attached hydrogen (secondary N) is 1. The van der Waals surface area contributed by atoms with E-state index in [-0.39, 0.29) is 5.76 Å². The molecule has 2 N–H and O–H groups in total. The van der Waals surface area contributed by atoms with E-state index in [1.807, 2.05) is 19.1 Å². The summed E-state index contributed by atoms with van der Waals surface area (Å²) < 4.78 is 4.90. The number of hydrogen-bond donors (Lipinski definition) is 2. The van der Waals surface area contributed by atoms with Crippen molar-refractivity contribution in [3.8, 4) is 0 Å². The molecule has 0 fully saturated rings. The lowest BCUT2D eigenvalue weighted by Gasteiger charge is -2.10. The Morgan fingerprint density at radius 1 is 1.44 bits per heavy atom. The molecule has 5 heteroatoms. The van der Waals surface area contributed by atoms with Crippen LogP contribution < -0.4 is 5.32 Å². The number of hydrogen-bond acceptors (Lipinski definition) is 3. The number of carboxylic acid groups (broad SMARTS) is 1. The first-order chi connectivity index (χ1) is 8.59. The summed E-state index contributed by atoms with van der Waals surface area (Å²) in [6.45, 7) is 2.28. The first-order valence-electron chi connectivity index (χ1n) is 5.38. The van der Waals surface area contributed by atoms with Gasteiger partial charge in [0.1, 0.15) is 0 Å². The molecule has 0 aliphatic carbocycles. The van der Waals surface area contributed by atoms with E-state index < -0.39 is 5.97 Å². The third-order valence-electron chi connectivity index (χ3n) is 2.62. The first-order valence-corrected chi connectivity index (χ1v) is 5.76. The summed E-state index contributed by atoms with van der Waals surface area (Å²) in [6.07, 6.45) is 1.36. The molecule has 4 nitrogen and oxygen atoms in total. The third kappa shape index (κ3) is 2.49. The van der Waals surface area contributed by atoms with Gasteiger partial charge in [-0.05, 0) is 24.6 Å². The van der Waals surface area contributed by atoms with Crippen LogP contribution in [0, 0.1) is 6.92 Å². The quantitative estimate of drug-likeness (QED) is 0.887. The summed E-state index contributed by atoms with van der Waals surface area (Å²) in [5, 5.41) is 12.6. The minimum absolute atomic E-state index is 0.0489. The lowest BCUT2D eigenvalue weighted by molar-refractivity contribution is 0.0661. The van der Waals surface area contributed by atoms with Crippen LogP contribution in [0.3, 0.4) is 0 Å². The monoisotopic (exact) mass is 265 g/mol. The number of furan rings is 1. The standard InChI is InChI=1S/C13H12ClNO3/c1-8-3-2-4-10(14)11(8)15-7-9-5-6-18-12(9)13(16)17/h2-6,15H,7H2,1H3,(H,16,17). The van der Waals surface area contributed by atoms with Gasteiger partial charge >= 0.3 is 5.97 Å². The van der Waals surface area contributed by atoms with Gasteiger partial charge in [0.2, 0.25) is 5.76 Å². The second-order valence-electron chi connectivity index (χ2n) is 3.87. The molecule has 2 rings (SSSR count). The number of aryl methyl sites for hydroxylation is 1. The molecule has 1 aromatic heterocycles. The molecule has 2 aromatic rings. The van der Waals surface area contributed by atoms with Crippen molar-refractivity contribution in [2.45, 2.75) is 13.5 Å². The molecule has 0 spiro atoms. The Hall–Kier alpha value is -1.94. The molecule has 0 unspecified atom stereocenters. The molecule has 0 saturated carbocycles. The van der Waals surface area contributed by atoms with Gasteiger partial charge in [0.25, 0.3) is 0 Å². The Balaban J connectivity index is 2.17. The fourth-order valence-electron chi connectivity index (χ4n) is 1.70. The zero-order chi connectivity index (χ0) is 13.1. The maximum Gasteiger partial charge on any atom is 0.372 e. The average molecular weight is 266 g/mol. The Morgan fingerprint density at radius 3 is 2.89 bits per heavy atom. The van der Waals surface area contributed by atoms with E-state index in [0.717, 1.165) is 11.3 Å². The van der Waals surface area contributed by atoms with Crippen molar-refractivity contribution < 1.29 is 14.3 Å². The minimum atomic E-state index is -1.08. The number of carbonyl (C=O) groups is 1. The van der Waals surface area contributed by atoms with Crippen molar-refractivity contribution in [3.05, 3.63) is 52.4 Å². The second-order valence-corrected chi connectivity index (χ2v) is 4.27. The minimum Gasteiger partial charge on any atom is -0.475 e. The third-order valence-corrected chi connectivity index (χ3v) is 2.93. The number of halogens is 1. The van der Waals surface area contributed by atoms with Crippen LogP contribution in [0.1, 0.15) is 21.7 Å². The van der Waals surface area contributed by atoms with Gasteiger partial charge in [0.15, 0.2) is 0 Å². The molecule has 0 radical (unpaired) electrons. The van der Waals surface area contributed by atoms with E-state index >= 15 is 0 Å². The van der Waals surface area contributed by atoms with Crippen molar-refractivity contribution in [2.24, 2.45) is 0 Å². The predicted octanol–water partition coefficient (Wildman–Crippen LogP) is 3.55. The van der Waals surface area contributed by atoms with E-state index in [4.69, 9.17) is 21.1 Å². The summed E-state index contributed by atoms with van der Waals surface area (Å²) in [6, 6.07) is 7.21. The van der Waals surface area contributed by atoms with Crippen LogP contribution in [0.15, 0.2) is 34.9 Å². The van der Waals surface area contributed by atoms with Crippen molar-refractivity contribution in [1.82, 2.24) is 0 Å². The van der Waals surface area contributed by atoms with Gasteiger partial charge in [0, 0.05) is 12.1 Å². The van der Waals surface area contributed by atoms with Crippen LogP contribution in [0.2, 0.25) is 5.02 Å². The SMILES string of the molecule is Cc1cccc(Cl)c1NCc1ccoc1C(=O)O. The Bertz CT molecular complexity index is 557. The van der Waals surface area contributed by atoms with E-state index in [1.165, 1.54) is 6.26 Å². The number of anilines is 1. The van der Waals surface area contributed by atoms with Crippen molar-refractivity contribution in [2.75, 3.05) is 5.32 Å². The largest absolute Gasteiger partial charge is 0.475 e. The number of aromatic carboxylic acids is 1. The Morgan fingerprint density at radius 2 is 2.22 bits per heavy atom. The van der Waals surface area contributed by atoms with Gasteiger partial charge in [0.05, 0.1) is 17.0 Å². The van der Waals surface area contributed by atoms with E-state index in [0.29, 0.717) is 17.1 Å². The zero-order valence-electron chi connectivity index (χ0n) is 9.74. The van der Waals surface area contributed by atoms with Crippen LogP contribution in [-0.2, 0) is 6.54 Å². The molecule has 1 aromatic carbocycles. The molecule has 94 valence electrons. The Kier molecular flexibility index (Phi) is 3.58. The molecule has 0 aliphatic rings. The molecule has 0 atom stereocenters. The van der Waals surface area contributed by atoms with Gasteiger partial charge in [-0.3, -0.25) is 0 Å². The maximum absolute atomic E-state index is 10.9. The van der Waals surface area contributed by atoms with Crippen molar-refractivity contribution >= 4 is 23.3 Å². The van der Waals surface area contributed by atoms with Gasteiger partial charge in [-0.25, -0.2) is 4.79 Å². The summed E-state index contributed by atoms with van der Waals surface area (Å²) in [4.78, 5) is 10.9. The first kappa shape index (κ1) is 12.5. The summed E-state index contributed by atoms with van der Waals surface area (Å²) in [7, 11) is 0. The second kappa shape index (κ2) is 5.14. The lowest BCUT2D eigenvalue weighted by atomic mass is 10.2. The van der Waals surface area contributed by atoms with E-state index in [1.54, 1.807) is 12.1 Å². The number of carboxylic acids is 1. The van der Waals surface area contributed by atoms with Gasteiger partial charge < -0.3 is 14.8 Å². The van der Waals surface area contributed by atoms with Crippen LogP contribution in [0.5, 0.6) is 0 Å². The predicted molar refractivity (Wildman–Crippen MR) is 69.2 cm³/mol. The molecular formula is C13H12ClNO3.